The first kappa shape index (κ1) is 17.0. The fraction of sp³-hybridized carbons (Fsp3) is 0.588. The van der Waals surface area contributed by atoms with Crippen LogP contribution in [0.5, 0.6) is 0 Å². The standard InChI is InChI=1S/C17H27N3OS/c1-5-14(3)19(4)17(21)18-16-7-6-15(12-13(16)2)20-8-10-22-11-9-20/h6-7,12,14H,5,8-11H2,1-4H3,(H,18,21)/t14-/m0/s1. The van der Waals surface area contributed by atoms with Gasteiger partial charge in [-0.05, 0) is 44.0 Å². The van der Waals surface area contributed by atoms with E-state index in [-0.39, 0.29) is 12.1 Å². The highest BCUT2D eigenvalue weighted by Gasteiger charge is 2.16. The molecule has 1 heterocycles. The second-order valence-corrected chi connectivity index (χ2v) is 7.12. The highest BCUT2D eigenvalue weighted by atomic mass is 32.2. The van der Waals surface area contributed by atoms with Crippen LogP contribution in [0.25, 0.3) is 0 Å². The normalized spacial score (nSPS) is 16.3. The van der Waals surface area contributed by atoms with Crippen LogP contribution >= 0.6 is 11.8 Å². The summed E-state index contributed by atoms with van der Waals surface area (Å²) in [6.07, 6.45) is 0.953. The molecule has 0 saturated carbocycles. The number of carbonyl (C=O) groups excluding carboxylic acids is 1. The summed E-state index contributed by atoms with van der Waals surface area (Å²) in [6, 6.07) is 6.51. The molecule has 0 spiro atoms. The van der Waals surface area contributed by atoms with Gasteiger partial charge in [-0.3, -0.25) is 0 Å². The zero-order chi connectivity index (χ0) is 16.1. The lowest BCUT2D eigenvalue weighted by Crippen LogP contribution is -2.38. The van der Waals surface area contributed by atoms with Crippen LogP contribution in [0.4, 0.5) is 16.2 Å². The van der Waals surface area contributed by atoms with Crippen LogP contribution in [0.2, 0.25) is 0 Å². The number of hydrogen-bond acceptors (Lipinski definition) is 3. The summed E-state index contributed by atoms with van der Waals surface area (Å²) < 4.78 is 0. The van der Waals surface area contributed by atoms with Gasteiger partial charge in [0.1, 0.15) is 0 Å². The van der Waals surface area contributed by atoms with Crippen LogP contribution in [0.15, 0.2) is 18.2 Å². The van der Waals surface area contributed by atoms with Crippen molar-refractivity contribution in [1.82, 2.24) is 4.90 Å². The number of carbonyl (C=O) groups is 1. The molecule has 2 amide bonds. The Labute approximate surface area is 138 Å². The van der Waals surface area contributed by atoms with Gasteiger partial charge < -0.3 is 15.1 Å². The predicted molar refractivity (Wildman–Crippen MR) is 97.3 cm³/mol. The molecule has 5 heteroatoms. The molecule has 0 unspecified atom stereocenters. The van der Waals surface area contributed by atoms with E-state index in [1.54, 1.807) is 4.90 Å². The second kappa shape index (κ2) is 7.77. The minimum absolute atomic E-state index is 0.0421. The number of anilines is 2. The van der Waals surface area contributed by atoms with Gasteiger partial charge in [0, 0.05) is 49.1 Å². The van der Waals surface area contributed by atoms with Crippen molar-refractivity contribution in [2.24, 2.45) is 0 Å². The summed E-state index contributed by atoms with van der Waals surface area (Å²) in [5.41, 5.74) is 3.27. The zero-order valence-electron chi connectivity index (χ0n) is 14.1. The summed E-state index contributed by atoms with van der Waals surface area (Å²) in [5, 5.41) is 3.02. The Balaban J connectivity index is 2.04. The van der Waals surface area contributed by atoms with Crippen molar-refractivity contribution in [2.45, 2.75) is 33.2 Å². The highest BCUT2D eigenvalue weighted by Crippen LogP contribution is 2.25. The predicted octanol–water partition coefficient (Wildman–Crippen LogP) is 3.81. The first-order chi connectivity index (χ1) is 10.5. The molecule has 4 nitrogen and oxygen atoms in total. The van der Waals surface area contributed by atoms with Crippen LogP contribution < -0.4 is 10.2 Å². The van der Waals surface area contributed by atoms with Crippen molar-refractivity contribution >= 4 is 29.2 Å². The van der Waals surface area contributed by atoms with Gasteiger partial charge in [-0.1, -0.05) is 6.92 Å². The molecule has 1 N–H and O–H groups in total. The summed E-state index contributed by atoms with van der Waals surface area (Å²) in [7, 11) is 1.85. The third-order valence-corrected chi connectivity index (χ3v) is 5.34. The highest BCUT2D eigenvalue weighted by molar-refractivity contribution is 7.99. The lowest BCUT2D eigenvalue weighted by atomic mass is 10.1. The minimum Gasteiger partial charge on any atom is -0.370 e. The van der Waals surface area contributed by atoms with Gasteiger partial charge in [-0.15, -0.1) is 0 Å². The van der Waals surface area contributed by atoms with Gasteiger partial charge in [-0.2, -0.15) is 11.8 Å². The Bertz CT molecular complexity index is 515. The fourth-order valence-corrected chi connectivity index (χ4v) is 3.39. The summed E-state index contributed by atoms with van der Waals surface area (Å²) in [4.78, 5) is 16.4. The number of aryl methyl sites for hydroxylation is 1. The maximum absolute atomic E-state index is 12.3. The smallest absolute Gasteiger partial charge is 0.321 e. The summed E-state index contributed by atoms with van der Waals surface area (Å²) in [5.74, 6) is 2.38. The molecule has 1 aromatic rings. The molecular formula is C17H27N3OS. The maximum atomic E-state index is 12.3. The van der Waals surface area contributed by atoms with E-state index in [0.717, 1.165) is 30.8 Å². The quantitative estimate of drug-likeness (QED) is 0.916. The topological polar surface area (TPSA) is 35.6 Å². The zero-order valence-corrected chi connectivity index (χ0v) is 14.9. The van der Waals surface area contributed by atoms with Crippen molar-refractivity contribution in [3.63, 3.8) is 0 Å². The number of rotatable bonds is 4. The third-order valence-electron chi connectivity index (χ3n) is 4.40. The first-order valence-electron chi connectivity index (χ1n) is 8.00. The van der Waals surface area contributed by atoms with Gasteiger partial charge in [0.05, 0.1) is 0 Å². The van der Waals surface area contributed by atoms with E-state index in [4.69, 9.17) is 0 Å². The van der Waals surface area contributed by atoms with Crippen LogP contribution in [0.1, 0.15) is 25.8 Å². The Morgan fingerprint density at radius 2 is 2.09 bits per heavy atom. The Hall–Kier alpha value is -1.36. The monoisotopic (exact) mass is 321 g/mol. The van der Waals surface area contributed by atoms with Gasteiger partial charge >= 0.3 is 6.03 Å². The van der Waals surface area contributed by atoms with E-state index in [1.807, 2.05) is 24.9 Å². The Morgan fingerprint density at radius 3 is 2.68 bits per heavy atom. The molecule has 1 aliphatic heterocycles. The van der Waals surface area contributed by atoms with Gasteiger partial charge in [-0.25, -0.2) is 4.79 Å². The molecule has 0 aliphatic carbocycles. The van der Waals surface area contributed by atoms with E-state index in [9.17, 15) is 4.79 Å². The largest absolute Gasteiger partial charge is 0.370 e. The number of urea groups is 1. The van der Waals surface area contributed by atoms with Crippen LogP contribution in [0.3, 0.4) is 0 Å². The average Bonchev–Trinajstić information content (AvgIpc) is 2.55. The lowest BCUT2D eigenvalue weighted by molar-refractivity contribution is 0.206. The fourth-order valence-electron chi connectivity index (χ4n) is 2.48. The molecule has 1 aliphatic rings. The van der Waals surface area contributed by atoms with E-state index in [2.05, 4.69) is 43.1 Å². The van der Waals surface area contributed by atoms with Crippen molar-refractivity contribution in [2.75, 3.05) is 41.9 Å². The number of nitrogens with zero attached hydrogens (tertiary/aromatic N) is 2. The molecule has 1 atom stereocenters. The molecule has 2 rings (SSSR count). The van der Waals surface area contributed by atoms with Crippen molar-refractivity contribution < 1.29 is 4.79 Å². The van der Waals surface area contributed by atoms with Crippen molar-refractivity contribution in [3.8, 4) is 0 Å². The molecule has 22 heavy (non-hydrogen) atoms. The number of benzene rings is 1. The van der Waals surface area contributed by atoms with Gasteiger partial charge in [0.2, 0.25) is 0 Å². The molecule has 1 aromatic carbocycles. The van der Waals surface area contributed by atoms with Crippen LogP contribution in [-0.4, -0.2) is 48.6 Å². The number of thioether (sulfide) groups is 1. The van der Waals surface area contributed by atoms with Crippen LogP contribution in [-0.2, 0) is 0 Å². The minimum atomic E-state index is -0.0421. The first-order valence-corrected chi connectivity index (χ1v) is 9.15. The van der Waals surface area contributed by atoms with E-state index < -0.39 is 0 Å². The maximum Gasteiger partial charge on any atom is 0.321 e. The number of nitrogens with one attached hydrogen (secondary N) is 1. The van der Waals surface area contributed by atoms with Crippen molar-refractivity contribution in [3.05, 3.63) is 23.8 Å². The number of amides is 2. The molecule has 0 aromatic heterocycles. The van der Waals surface area contributed by atoms with Crippen LogP contribution in [0, 0.1) is 6.92 Å². The SMILES string of the molecule is CC[C@H](C)N(C)C(=O)Nc1ccc(N2CCSCC2)cc1C. The van der Waals surface area contributed by atoms with Gasteiger partial charge in [0.25, 0.3) is 0 Å². The molecule has 1 saturated heterocycles. The molecule has 0 radical (unpaired) electrons. The number of hydrogen-bond donors (Lipinski definition) is 1. The summed E-state index contributed by atoms with van der Waals surface area (Å²) >= 11 is 2.01. The molecule has 0 bridgehead atoms. The van der Waals surface area contributed by atoms with Gasteiger partial charge in [0.15, 0.2) is 0 Å². The third kappa shape index (κ3) is 4.09. The Kier molecular flexibility index (Phi) is 6.00. The van der Waals surface area contributed by atoms with Crippen molar-refractivity contribution in [1.29, 1.82) is 0 Å². The van der Waals surface area contributed by atoms with E-state index in [0.29, 0.717) is 0 Å². The summed E-state index contributed by atoms with van der Waals surface area (Å²) in [6.45, 7) is 8.41. The van der Waals surface area contributed by atoms with E-state index >= 15 is 0 Å². The second-order valence-electron chi connectivity index (χ2n) is 5.90. The molecule has 1 fully saturated rings. The Morgan fingerprint density at radius 1 is 1.41 bits per heavy atom. The lowest BCUT2D eigenvalue weighted by Gasteiger charge is -2.29. The average molecular weight is 321 g/mol. The van der Waals surface area contributed by atoms with E-state index in [1.165, 1.54) is 17.2 Å². The molecular weight excluding hydrogens is 294 g/mol. The molecule has 122 valence electrons.